The van der Waals surface area contributed by atoms with Crippen molar-refractivity contribution in [2.24, 2.45) is 0 Å². The number of ether oxygens (including phenoxy) is 1. The Morgan fingerprint density at radius 1 is 1.40 bits per heavy atom. The highest BCUT2D eigenvalue weighted by molar-refractivity contribution is 9.10. The lowest BCUT2D eigenvalue weighted by Gasteiger charge is -2.05. The van der Waals surface area contributed by atoms with Crippen molar-refractivity contribution in [2.45, 2.75) is 6.92 Å². The molecule has 1 aromatic heterocycles. The van der Waals surface area contributed by atoms with Crippen molar-refractivity contribution < 1.29 is 9.53 Å². The Kier molecular flexibility index (Phi) is 2.68. The SMILES string of the molecule is CC(=O)Oc1ccnc2c(Br)cccc12. The number of benzene rings is 1. The van der Waals surface area contributed by atoms with Crippen LogP contribution in [-0.4, -0.2) is 11.0 Å². The van der Waals surface area contributed by atoms with Crippen molar-refractivity contribution in [3.8, 4) is 5.75 Å². The van der Waals surface area contributed by atoms with Crippen LogP contribution in [0.25, 0.3) is 10.9 Å². The van der Waals surface area contributed by atoms with Crippen LogP contribution in [0.2, 0.25) is 0 Å². The molecule has 2 rings (SSSR count). The molecular formula is C11H8BrNO2. The van der Waals surface area contributed by atoms with E-state index in [-0.39, 0.29) is 5.97 Å². The van der Waals surface area contributed by atoms with Gasteiger partial charge in [0.05, 0.1) is 5.52 Å². The average molecular weight is 266 g/mol. The number of rotatable bonds is 1. The quantitative estimate of drug-likeness (QED) is 0.745. The van der Waals surface area contributed by atoms with E-state index in [1.165, 1.54) is 6.92 Å². The highest BCUT2D eigenvalue weighted by Gasteiger charge is 2.06. The lowest BCUT2D eigenvalue weighted by molar-refractivity contribution is -0.131. The minimum Gasteiger partial charge on any atom is -0.426 e. The van der Waals surface area contributed by atoms with E-state index in [0.29, 0.717) is 5.75 Å². The van der Waals surface area contributed by atoms with E-state index in [4.69, 9.17) is 4.74 Å². The number of esters is 1. The Hall–Kier alpha value is -1.42. The van der Waals surface area contributed by atoms with Crippen LogP contribution >= 0.6 is 15.9 Å². The number of carbonyl (C=O) groups excluding carboxylic acids is 1. The Labute approximate surface area is 95.2 Å². The van der Waals surface area contributed by atoms with Gasteiger partial charge in [0.15, 0.2) is 0 Å². The third-order valence-corrected chi connectivity index (χ3v) is 2.58. The molecule has 76 valence electrons. The second kappa shape index (κ2) is 3.98. The lowest BCUT2D eigenvalue weighted by Crippen LogP contribution is -2.02. The number of nitrogens with zero attached hydrogens (tertiary/aromatic N) is 1. The molecule has 0 saturated carbocycles. The molecule has 0 radical (unpaired) electrons. The topological polar surface area (TPSA) is 39.2 Å². The van der Waals surface area contributed by atoms with Gasteiger partial charge in [-0.05, 0) is 34.1 Å². The Bertz CT molecular complexity index is 525. The molecule has 0 aliphatic heterocycles. The van der Waals surface area contributed by atoms with Crippen molar-refractivity contribution in [1.29, 1.82) is 0 Å². The zero-order valence-electron chi connectivity index (χ0n) is 8.03. The van der Waals surface area contributed by atoms with Crippen molar-refractivity contribution in [1.82, 2.24) is 4.98 Å². The maximum Gasteiger partial charge on any atom is 0.308 e. The van der Waals surface area contributed by atoms with E-state index in [2.05, 4.69) is 20.9 Å². The van der Waals surface area contributed by atoms with Crippen molar-refractivity contribution in [3.63, 3.8) is 0 Å². The van der Waals surface area contributed by atoms with Gasteiger partial charge >= 0.3 is 5.97 Å². The summed E-state index contributed by atoms with van der Waals surface area (Å²) in [4.78, 5) is 15.1. The van der Waals surface area contributed by atoms with Crippen molar-refractivity contribution >= 4 is 32.8 Å². The Balaban J connectivity index is 2.65. The van der Waals surface area contributed by atoms with Gasteiger partial charge in [0.25, 0.3) is 0 Å². The number of halogens is 1. The molecule has 0 bridgehead atoms. The highest BCUT2D eigenvalue weighted by atomic mass is 79.9. The number of hydrogen-bond acceptors (Lipinski definition) is 3. The first kappa shape index (κ1) is 10.1. The lowest BCUT2D eigenvalue weighted by atomic mass is 10.2. The molecule has 15 heavy (non-hydrogen) atoms. The summed E-state index contributed by atoms with van der Waals surface area (Å²) in [6.45, 7) is 1.38. The van der Waals surface area contributed by atoms with Gasteiger partial charge in [-0.25, -0.2) is 0 Å². The third-order valence-electron chi connectivity index (χ3n) is 1.94. The first-order valence-electron chi connectivity index (χ1n) is 4.40. The van der Waals surface area contributed by atoms with Gasteiger partial charge in [0, 0.05) is 23.0 Å². The van der Waals surface area contributed by atoms with Gasteiger partial charge < -0.3 is 4.74 Å². The molecule has 0 fully saturated rings. The molecule has 3 nitrogen and oxygen atoms in total. The first-order chi connectivity index (χ1) is 7.18. The van der Waals surface area contributed by atoms with E-state index in [1.54, 1.807) is 12.3 Å². The number of fused-ring (bicyclic) bond motifs is 1. The Morgan fingerprint density at radius 3 is 2.93 bits per heavy atom. The summed E-state index contributed by atoms with van der Waals surface area (Å²) in [5.41, 5.74) is 0.788. The standard InChI is InChI=1S/C11H8BrNO2/c1-7(14)15-10-5-6-13-11-8(10)3-2-4-9(11)12/h2-6H,1H3. The molecule has 0 spiro atoms. The van der Waals surface area contributed by atoms with E-state index < -0.39 is 0 Å². The number of para-hydroxylation sites is 1. The summed E-state index contributed by atoms with van der Waals surface area (Å²) in [6.07, 6.45) is 1.62. The molecule has 0 N–H and O–H groups in total. The largest absolute Gasteiger partial charge is 0.426 e. The predicted molar refractivity (Wildman–Crippen MR) is 60.8 cm³/mol. The minimum atomic E-state index is -0.331. The number of pyridine rings is 1. The molecular weight excluding hydrogens is 258 g/mol. The fourth-order valence-electron chi connectivity index (χ4n) is 1.36. The predicted octanol–water partition coefficient (Wildman–Crippen LogP) is 2.92. The first-order valence-corrected chi connectivity index (χ1v) is 5.19. The maximum atomic E-state index is 10.9. The number of hydrogen-bond donors (Lipinski definition) is 0. The van der Waals surface area contributed by atoms with Gasteiger partial charge in [-0.3, -0.25) is 9.78 Å². The molecule has 4 heteroatoms. The zero-order chi connectivity index (χ0) is 10.8. The summed E-state index contributed by atoms with van der Waals surface area (Å²) in [7, 11) is 0. The molecule has 0 atom stereocenters. The molecule has 0 aliphatic rings. The van der Waals surface area contributed by atoms with Crippen LogP contribution in [0.5, 0.6) is 5.75 Å². The minimum absolute atomic E-state index is 0.331. The molecule has 0 unspecified atom stereocenters. The highest BCUT2D eigenvalue weighted by Crippen LogP contribution is 2.28. The van der Waals surface area contributed by atoms with Crippen molar-refractivity contribution in [2.75, 3.05) is 0 Å². The second-order valence-electron chi connectivity index (χ2n) is 3.04. The number of aromatic nitrogens is 1. The third kappa shape index (κ3) is 1.99. The van der Waals surface area contributed by atoms with Gasteiger partial charge in [0.1, 0.15) is 5.75 Å². The molecule has 2 aromatic rings. The summed E-state index contributed by atoms with van der Waals surface area (Å²) in [5.74, 6) is 0.205. The van der Waals surface area contributed by atoms with E-state index in [9.17, 15) is 4.79 Å². The Morgan fingerprint density at radius 2 is 2.20 bits per heavy atom. The van der Waals surface area contributed by atoms with Crippen LogP contribution in [0.4, 0.5) is 0 Å². The molecule has 1 aromatic carbocycles. The normalized spacial score (nSPS) is 10.3. The smallest absolute Gasteiger partial charge is 0.308 e. The van der Waals surface area contributed by atoms with Gasteiger partial charge in [-0.1, -0.05) is 6.07 Å². The zero-order valence-corrected chi connectivity index (χ0v) is 9.61. The van der Waals surface area contributed by atoms with Gasteiger partial charge in [-0.2, -0.15) is 0 Å². The van der Waals surface area contributed by atoms with E-state index in [1.807, 2.05) is 18.2 Å². The van der Waals surface area contributed by atoms with E-state index in [0.717, 1.165) is 15.4 Å². The molecule has 1 heterocycles. The molecule has 0 amide bonds. The van der Waals surface area contributed by atoms with Crippen LogP contribution in [0.1, 0.15) is 6.92 Å². The van der Waals surface area contributed by atoms with Gasteiger partial charge in [-0.15, -0.1) is 0 Å². The monoisotopic (exact) mass is 265 g/mol. The van der Waals surface area contributed by atoms with Crippen LogP contribution in [0, 0.1) is 0 Å². The number of carbonyl (C=O) groups is 1. The van der Waals surface area contributed by atoms with Crippen LogP contribution < -0.4 is 4.74 Å². The molecule has 0 aliphatic carbocycles. The summed E-state index contributed by atoms with van der Waals surface area (Å²) in [6, 6.07) is 7.31. The molecule has 0 saturated heterocycles. The van der Waals surface area contributed by atoms with E-state index >= 15 is 0 Å². The van der Waals surface area contributed by atoms with Crippen molar-refractivity contribution in [3.05, 3.63) is 34.9 Å². The van der Waals surface area contributed by atoms with Crippen LogP contribution in [0.3, 0.4) is 0 Å². The summed E-state index contributed by atoms with van der Waals surface area (Å²) in [5, 5.41) is 0.821. The van der Waals surface area contributed by atoms with Crippen LogP contribution in [-0.2, 0) is 4.79 Å². The second-order valence-corrected chi connectivity index (χ2v) is 3.89. The van der Waals surface area contributed by atoms with Gasteiger partial charge in [0.2, 0.25) is 0 Å². The van der Waals surface area contributed by atoms with Crippen LogP contribution in [0.15, 0.2) is 34.9 Å². The summed E-state index contributed by atoms with van der Waals surface area (Å²) < 4.78 is 5.97. The fraction of sp³-hybridized carbons (Fsp3) is 0.0909. The fourth-order valence-corrected chi connectivity index (χ4v) is 1.83. The average Bonchev–Trinajstić information content (AvgIpc) is 2.19. The summed E-state index contributed by atoms with van der Waals surface area (Å²) >= 11 is 3.39. The maximum absolute atomic E-state index is 10.9.